The maximum Gasteiger partial charge on any atom is 0.289 e. The zero-order valence-corrected chi connectivity index (χ0v) is 16.2. The number of amides is 1. The number of rotatable bonds is 4. The van der Waals surface area contributed by atoms with Crippen LogP contribution in [0.3, 0.4) is 0 Å². The van der Waals surface area contributed by atoms with Gasteiger partial charge in [-0.15, -0.1) is 0 Å². The predicted molar refractivity (Wildman–Crippen MR) is 106 cm³/mol. The van der Waals surface area contributed by atoms with Crippen LogP contribution in [0.1, 0.15) is 40.8 Å². The molecule has 0 spiro atoms. The number of hydrogen-bond donors (Lipinski definition) is 0. The first-order valence-corrected chi connectivity index (χ1v) is 10.1. The molecule has 1 aromatic heterocycles. The van der Waals surface area contributed by atoms with E-state index < -0.39 is 0 Å². The van der Waals surface area contributed by atoms with Crippen molar-refractivity contribution in [2.75, 3.05) is 39.3 Å². The Bertz CT molecular complexity index is 785. The van der Waals surface area contributed by atoms with Gasteiger partial charge < -0.3 is 14.2 Å². The van der Waals surface area contributed by atoms with Gasteiger partial charge in [-0.1, -0.05) is 31.2 Å². The summed E-state index contributed by atoms with van der Waals surface area (Å²) < 4.78 is 5.94. The van der Waals surface area contributed by atoms with Gasteiger partial charge in [-0.05, 0) is 49.2 Å². The van der Waals surface area contributed by atoms with Gasteiger partial charge in [0.2, 0.25) is 0 Å². The Morgan fingerprint density at radius 2 is 1.81 bits per heavy atom. The molecule has 4 rings (SSSR count). The zero-order chi connectivity index (χ0) is 18.6. The van der Waals surface area contributed by atoms with Crippen molar-refractivity contribution >= 4 is 5.91 Å². The van der Waals surface area contributed by atoms with E-state index in [4.69, 9.17) is 4.42 Å². The Labute approximate surface area is 161 Å². The second-order valence-corrected chi connectivity index (χ2v) is 7.58. The summed E-state index contributed by atoms with van der Waals surface area (Å²) in [4.78, 5) is 19.5. The van der Waals surface area contributed by atoms with Crippen molar-refractivity contribution in [1.82, 2.24) is 14.7 Å². The quantitative estimate of drug-likeness (QED) is 0.833. The lowest BCUT2D eigenvalue weighted by Gasteiger charge is -2.27. The van der Waals surface area contributed by atoms with Gasteiger partial charge in [-0.3, -0.25) is 9.69 Å². The van der Waals surface area contributed by atoms with Crippen LogP contribution in [0.15, 0.2) is 40.8 Å². The molecule has 0 saturated carbocycles. The molecule has 0 bridgehead atoms. The molecule has 0 radical (unpaired) electrons. The summed E-state index contributed by atoms with van der Waals surface area (Å²) in [6.07, 6.45) is 2.10. The predicted octanol–water partition coefficient (Wildman–Crippen LogP) is 3.01. The molecule has 5 heteroatoms. The molecule has 1 aromatic carbocycles. The summed E-state index contributed by atoms with van der Waals surface area (Å²) >= 11 is 0. The normalized spacial score (nSPS) is 18.9. The Kier molecular flexibility index (Phi) is 5.60. The molecular formula is C22H29N3O2. The van der Waals surface area contributed by atoms with Gasteiger partial charge in [0.05, 0.1) is 6.54 Å². The van der Waals surface area contributed by atoms with E-state index in [-0.39, 0.29) is 5.91 Å². The number of benzene rings is 1. The van der Waals surface area contributed by atoms with E-state index >= 15 is 0 Å². The van der Waals surface area contributed by atoms with Crippen LogP contribution in [0.2, 0.25) is 0 Å². The topological polar surface area (TPSA) is 39.9 Å². The summed E-state index contributed by atoms with van der Waals surface area (Å²) in [6, 6.07) is 12.4. The average Bonchev–Trinajstić information content (AvgIpc) is 3.03. The van der Waals surface area contributed by atoms with E-state index in [1.165, 1.54) is 11.1 Å². The molecule has 1 fully saturated rings. The Morgan fingerprint density at radius 3 is 2.67 bits per heavy atom. The van der Waals surface area contributed by atoms with Crippen LogP contribution in [0.4, 0.5) is 0 Å². The monoisotopic (exact) mass is 367 g/mol. The Hall–Kier alpha value is -2.11. The van der Waals surface area contributed by atoms with Crippen molar-refractivity contribution in [2.45, 2.75) is 32.9 Å². The minimum atomic E-state index is 0.0307. The van der Waals surface area contributed by atoms with E-state index in [0.717, 1.165) is 71.0 Å². The lowest BCUT2D eigenvalue weighted by atomic mass is 10.00. The van der Waals surface area contributed by atoms with Crippen LogP contribution in [-0.2, 0) is 19.5 Å². The van der Waals surface area contributed by atoms with Gasteiger partial charge in [0, 0.05) is 32.7 Å². The molecule has 1 amide bonds. The zero-order valence-electron chi connectivity index (χ0n) is 16.2. The van der Waals surface area contributed by atoms with Gasteiger partial charge >= 0.3 is 0 Å². The highest BCUT2D eigenvalue weighted by molar-refractivity contribution is 5.91. The van der Waals surface area contributed by atoms with E-state index in [1.54, 1.807) is 0 Å². The van der Waals surface area contributed by atoms with Crippen molar-refractivity contribution < 1.29 is 9.21 Å². The SMILES string of the molecule is CCN1CCCN(C(=O)c2ccc(CN3CCc4ccccc4C3)o2)CC1. The van der Waals surface area contributed by atoms with Gasteiger partial charge in [0.25, 0.3) is 5.91 Å². The molecule has 2 aromatic rings. The van der Waals surface area contributed by atoms with Crippen LogP contribution in [-0.4, -0.2) is 59.9 Å². The van der Waals surface area contributed by atoms with Gasteiger partial charge in [0.1, 0.15) is 5.76 Å². The van der Waals surface area contributed by atoms with E-state index in [1.807, 2.05) is 17.0 Å². The third-order valence-corrected chi connectivity index (χ3v) is 5.78. The smallest absolute Gasteiger partial charge is 0.289 e. The molecule has 1 saturated heterocycles. The van der Waals surface area contributed by atoms with Gasteiger partial charge in [0.15, 0.2) is 5.76 Å². The average molecular weight is 367 g/mol. The standard InChI is InChI=1S/C22H29N3O2/c1-2-23-11-5-12-25(15-14-23)22(26)21-9-8-20(27-21)17-24-13-10-18-6-3-4-7-19(18)16-24/h3-4,6-9H,2,5,10-17H2,1H3. The van der Waals surface area contributed by atoms with Crippen molar-refractivity contribution in [3.63, 3.8) is 0 Å². The molecule has 5 nitrogen and oxygen atoms in total. The molecule has 3 heterocycles. The number of likely N-dealkylation sites (N-methyl/N-ethyl adjacent to an activating group) is 1. The molecule has 0 unspecified atom stereocenters. The maximum atomic E-state index is 12.8. The summed E-state index contributed by atoms with van der Waals surface area (Å²) in [5.41, 5.74) is 2.85. The third-order valence-electron chi connectivity index (χ3n) is 5.78. The summed E-state index contributed by atoms with van der Waals surface area (Å²) in [5, 5.41) is 0. The largest absolute Gasteiger partial charge is 0.455 e. The highest BCUT2D eigenvalue weighted by atomic mass is 16.4. The van der Waals surface area contributed by atoms with Crippen molar-refractivity contribution in [1.29, 1.82) is 0 Å². The molecule has 2 aliphatic heterocycles. The highest BCUT2D eigenvalue weighted by Gasteiger charge is 2.23. The fourth-order valence-electron chi connectivity index (χ4n) is 4.13. The number of hydrogen-bond acceptors (Lipinski definition) is 4. The fourth-order valence-corrected chi connectivity index (χ4v) is 4.13. The summed E-state index contributed by atoms with van der Waals surface area (Å²) in [6.45, 7) is 9.56. The second kappa shape index (κ2) is 8.28. The van der Waals surface area contributed by atoms with Crippen molar-refractivity contribution in [3.8, 4) is 0 Å². The second-order valence-electron chi connectivity index (χ2n) is 7.58. The lowest BCUT2D eigenvalue weighted by molar-refractivity contribution is 0.0725. The first-order valence-electron chi connectivity index (χ1n) is 10.1. The number of furan rings is 1. The van der Waals surface area contributed by atoms with Crippen molar-refractivity contribution in [2.24, 2.45) is 0 Å². The molecule has 0 atom stereocenters. The van der Waals surface area contributed by atoms with E-state index in [2.05, 4.69) is 41.0 Å². The lowest BCUT2D eigenvalue weighted by Crippen LogP contribution is -2.35. The Balaban J connectivity index is 1.37. The molecular weight excluding hydrogens is 338 g/mol. The van der Waals surface area contributed by atoms with Crippen LogP contribution >= 0.6 is 0 Å². The first kappa shape index (κ1) is 18.3. The highest BCUT2D eigenvalue weighted by Crippen LogP contribution is 2.21. The molecule has 2 aliphatic rings. The first-order chi connectivity index (χ1) is 13.2. The molecule has 0 aliphatic carbocycles. The number of fused-ring (bicyclic) bond motifs is 1. The minimum absolute atomic E-state index is 0.0307. The van der Waals surface area contributed by atoms with E-state index in [0.29, 0.717) is 5.76 Å². The summed E-state index contributed by atoms with van der Waals surface area (Å²) in [5.74, 6) is 1.39. The van der Waals surface area contributed by atoms with Gasteiger partial charge in [-0.2, -0.15) is 0 Å². The minimum Gasteiger partial charge on any atom is -0.455 e. The van der Waals surface area contributed by atoms with Crippen LogP contribution in [0, 0.1) is 0 Å². The van der Waals surface area contributed by atoms with Crippen LogP contribution in [0.5, 0.6) is 0 Å². The number of carbonyl (C=O) groups excluding carboxylic acids is 1. The van der Waals surface area contributed by atoms with Crippen LogP contribution in [0.25, 0.3) is 0 Å². The third kappa shape index (κ3) is 4.25. The van der Waals surface area contributed by atoms with Crippen molar-refractivity contribution in [3.05, 3.63) is 59.0 Å². The maximum absolute atomic E-state index is 12.8. The molecule has 0 N–H and O–H groups in total. The molecule has 27 heavy (non-hydrogen) atoms. The molecule has 144 valence electrons. The Morgan fingerprint density at radius 1 is 0.963 bits per heavy atom. The van der Waals surface area contributed by atoms with Gasteiger partial charge in [-0.25, -0.2) is 0 Å². The summed E-state index contributed by atoms with van der Waals surface area (Å²) in [7, 11) is 0. The number of nitrogens with zero attached hydrogens (tertiary/aromatic N) is 3. The fraction of sp³-hybridized carbons (Fsp3) is 0.500. The van der Waals surface area contributed by atoms with Crippen LogP contribution < -0.4 is 0 Å². The number of carbonyl (C=O) groups is 1. The van der Waals surface area contributed by atoms with E-state index in [9.17, 15) is 4.79 Å².